The molecule has 0 aliphatic carbocycles. The van der Waals surface area contributed by atoms with Gasteiger partial charge < -0.3 is 4.74 Å². The van der Waals surface area contributed by atoms with Gasteiger partial charge in [-0.2, -0.15) is 0 Å². The summed E-state index contributed by atoms with van der Waals surface area (Å²) in [4.78, 5) is 11.7. The Kier molecular flexibility index (Phi) is 3.93. The maximum Gasteiger partial charge on any atom is 0.338 e. The molecule has 1 aromatic carbocycles. The van der Waals surface area contributed by atoms with Crippen LogP contribution in [0.5, 0.6) is 0 Å². The van der Waals surface area contributed by atoms with E-state index in [0.29, 0.717) is 5.56 Å². The zero-order valence-electron chi connectivity index (χ0n) is 9.85. The third-order valence-corrected chi connectivity index (χ3v) is 3.39. The van der Waals surface area contributed by atoms with Crippen molar-refractivity contribution >= 4 is 20.9 Å². The highest BCUT2D eigenvalue weighted by atomic mass is 31.0. The average molecular weight is 249 g/mol. The lowest BCUT2D eigenvalue weighted by molar-refractivity contribution is 0.0600. The van der Waals surface area contributed by atoms with Crippen LogP contribution in [0.15, 0.2) is 30.3 Å². The minimum atomic E-state index is -0.269. The first-order valence-corrected chi connectivity index (χ1v) is 6.10. The molecule has 90 valence electrons. The summed E-state index contributed by atoms with van der Waals surface area (Å²) >= 11 is 0. The number of hydrogen-bond acceptors (Lipinski definition) is 3. The number of methoxy groups -OCH3 is 1. The minimum absolute atomic E-state index is 0.269. The Bertz CT molecular complexity index is 456. The molecule has 0 saturated heterocycles. The molecule has 1 aromatic rings. The third kappa shape index (κ3) is 2.74. The van der Waals surface area contributed by atoms with Gasteiger partial charge in [0.2, 0.25) is 0 Å². The van der Waals surface area contributed by atoms with Crippen molar-refractivity contribution in [2.45, 2.75) is 6.42 Å². The third-order valence-electron chi connectivity index (χ3n) is 2.92. The highest BCUT2D eigenvalue weighted by molar-refractivity contribution is 7.13. The maximum atomic E-state index is 11.7. The van der Waals surface area contributed by atoms with Crippen molar-refractivity contribution in [3.63, 3.8) is 0 Å². The summed E-state index contributed by atoms with van der Waals surface area (Å²) in [6.45, 7) is 1.89. The first-order valence-electron chi connectivity index (χ1n) is 5.58. The summed E-state index contributed by atoms with van der Waals surface area (Å²) in [7, 11) is 4.11. The second-order valence-corrected chi connectivity index (χ2v) is 4.74. The Morgan fingerprint density at radius 2 is 2.18 bits per heavy atom. The van der Waals surface area contributed by atoms with Gasteiger partial charge in [-0.1, -0.05) is 33.7 Å². The molecule has 0 N–H and O–H groups in total. The normalized spacial score (nSPS) is 16.5. The molecule has 0 fully saturated rings. The Morgan fingerprint density at radius 1 is 1.41 bits per heavy atom. The Morgan fingerprint density at radius 3 is 2.82 bits per heavy atom. The zero-order valence-corrected chi connectivity index (χ0v) is 11.0. The van der Waals surface area contributed by atoms with Crippen molar-refractivity contribution < 1.29 is 9.53 Å². The fourth-order valence-corrected chi connectivity index (χ4v) is 2.22. The lowest BCUT2D eigenvalue weighted by atomic mass is 9.95. The van der Waals surface area contributed by atoms with Crippen molar-refractivity contribution in [1.82, 2.24) is 4.67 Å². The van der Waals surface area contributed by atoms with Gasteiger partial charge in [0.25, 0.3) is 0 Å². The van der Waals surface area contributed by atoms with E-state index in [1.54, 1.807) is 0 Å². The zero-order chi connectivity index (χ0) is 12.3. The summed E-state index contributed by atoms with van der Waals surface area (Å²) in [5.41, 5.74) is 2.88. The van der Waals surface area contributed by atoms with E-state index in [4.69, 9.17) is 4.74 Å². The Hall–Kier alpha value is -1.18. The van der Waals surface area contributed by atoms with Gasteiger partial charge in [0.15, 0.2) is 0 Å². The molecular formula is C13H16NO2P. The van der Waals surface area contributed by atoms with E-state index in [2.05, 4.69) is 20.1 Å². The molecule has 0 aromatic heterocycles. The lowest BCUT2D eigenvalue weighted by Gasteiger charge is -2.22. The summed E-state index contributed by atoms with van der Waals surface area (Å²) in [6, 6.07) is 7.61. The molecule has 2 rings (SSSR count). The van der Waals surface area contributed by atoms with Crippen LogP contribution >= 0.6 is 9.39 Å². The molecule has 1 aliphatic rings. The van der Waals surface area contributed by atoms with Crippen LogP contribution in [0.2, 0.25) is 0 Å². The van der Waals surface area contributed by atoms with Gasteiger partial charge in [0.05, 0.1) is 12.7 Å². The standard InChI is InChI=1S/C13H16NO2P/c1-16-13(15)12-5-3-2-4-11(12)10-6-8-14(17)9-7-10/h2-6H,7-9,17H2,1H3. The second kappa shape index (κ2) is 5.44. The summed E-state index contributed by atoms with van der Waals surface area (Å²) < 4.78 is 6.98. The number of hydrogen-bond donors (Lipinski definition) is 0. The van der Waals surface area contributed by atoms with Gasteiger partial charge >= 0.3 is 5.97 Å². The molecule has 0 bridgehead atoms. The van der Waals surface area contributed by atoms with Gasteiger partial charge in [0.1, 0.15) is 0 Å². The van der Waals surface area contributed by atoms with E-state index in [-0.39, 0.29) is 5.97 Å². The van der Waals surface area contributed by atoms with Crippen LogP contribution in [-0.4, -0.2) is 30.8 Å². The quantitative estimate of drug-likeness (QED) is 0.595. The van der Waals surface area contributed by atoms with Gasteiger partial charge in [-0.25, -0.2) is 4.79 Å². The second-order valence-electron chi connectivity index (χ2n) is 4.01. The lowest BCUT2D eigenvalue weighted by Crippen LogP contribution is -2.18. The molecule has 4 heteroatoms. The highest BCUT2D eigenvalue weighted by Gasteiger charge is 2.16. The number of carbonyl (C=O) groups is 1. The van der Waals surface area contributed by atoms with E-state index in [9.17, 15) is 4.79 Å². The molecule has 17 heavy (non-hydrogen) atoms. The molecule has 1 atom stereocenters. The van der Waals surface area contributed by atoms with Crippen LogP contribution in [0, 0.1) is 0 Å². The Labute approximate surface area is 104 Å². The fourth-order valence-electron chi connectivity index (χ4n) is 1.98. The molecule has 0 saturated carbocycles. The van der Waals surface area contributed by atoms with Crippen molar-refractivity contribution in [3.05, 3.63) is 41.5 Å². The molecule has 1 heterocycles. The molecule has 3 nitrogen and oxygen atoms in total. The predicted octanol–water partition coefficient (Wildman–Crippen LogP) is 2.35. The predicted molar refractivity (Wildman–Crippen MR) is 71.7 cm³/mol. The van der Waals surface area contributed by atoms with Crippen molar-refractivity contribution in [2.75, 3.05) is 20.2 Å². The van der Waals surface area contributed by atoms with E-state index >= 15 is 0 Å². The first kappa shape index (κ1) is 12.3. The molecule has 0 amide bonds. The summed E-state index contributed by atoms with van der Waals surface area (Å²) in [5.74, 6) is -0.269. The summed E-state index contributed by atoms with van der Waals surface area (Å²) in [5, 5.41) is 0. The molecule has 1 unspecified atom stereocenters. The van der Waals surface area contributed by atoms with Crippen molar-refractivity contribution in [2.24, 2.45) is 0 Å². The summed E-state index contributed by atoms with van der Waals surface area (Å²) in [6.07, 6.45) is 3.12. The van der Waals surface area contributed by atoms with Crippen molar-refractivity contribution in [1.29, 1.82) is 0 Å². The SMILES string of the molecule is COC(=O)c1ccccc1C1=CCN(P)CC1. The number of nitrogens with zero attached hydrogens (tertiary/aromatic N) is 1. The van der Waals surface area contributed by atoms with Gasteiger partial charge in [-0.05, 0) is 23.6 Å². The average Bonchev–Trinajstić information content (AvgIpc) is 2.39. The number of carbonyl (C=O) groups excluding carboxylic acids is 1. The molecular weight excluding hydrogens is 233 g/mol. The molecule has 0 radical (unpaired) electrons. The molecule has 0 spiro atoms. The smallest absolute Gasteiger partial charge is 0.338 e. The number of esters is 1. The van der Waals surface area contributed by atoms with Crippen LogP contribution in [-0.2, 0) is 4.74 Å². The van der Waals surface area contributed by atoms with Gasteiger partial charge in [-0.15, -0.1) is 0 Å². The van der Waals surface area contributed by atoms with Gasteiger partial charge in [0, 0.05) is 13.1 Å². The van der Waals surface area contributed by atoms with E-state index in [1.165, 1.54) is 12.7 Å². The monoisotopic (exact) mass is 249 g/mol. The molecule has 1 aliphatic heterocycles. The Balaban J connectivity index is 2.35. The van der Waals surface area contributed by atoms with E-state index < -0.39 is 0 Å². The van der Waals surface area contributed by atoms with Crippen molar-refractivity contribution in [3.8, 4) is 0 Å². The number of ether oxygens (including phenoxy) is 1. The number of rotatable bonds is 2. The van der Waals surface area contributed by atoms with E-state index in [0.717, 1.165) is 25.1 Å². The highest BCUT2D eigenvalue weighted by Crippen LogP contribution is 2.26. The largest absolute Gasteiger partial charge is 0.465 e. The topological polar surface area (TPSA) is 29.5 Å². The van der Waals surface area contributed by atoms with Gasteiger partial charge in [-0.3, -0.25) is 4.67 Å². The maximum absolute atomic E-state index is 11.7. The van der Waals surface area contributed by atoms with Crippen LogP contribution in [0.3, 0.4) is 0 Å². The van der Waals surface area contributed by atoms with Crippen LogP contribution in [0.1, 0.15) is 22.3 Å². The fraction of sp³-hybridized carbons (Fsp3) is 0.308. The number of benzene rings is 1. The first-order chi connectivity index (χ1) is 8.22. The van der Waals surface area contributed by atoms with E-state index in [1.807, 2.05) is 24.3 Å². The minimum Gasteiger partial charge on any atom is -0.465 e. The van der Waals surface area contributed by atoms with Crippen LogP contribution in [0.4, 0.5) is 0 Å². The van der Waals surface area contributed by atoms with Crippen LogP contribution in [0.25, 0.3) is 5.57 Å². The van der Waals surface area contributed by atoms with Crippen LogP contribution < -0.4 is 0 Å².